The summed E-state index contributed by atoms with van der Waals surface area (Å²) < 4.78 is 4.73. The number of rotatable bonds is 11. The third kappa shape index (κ3) is 4.82. The summed E-state index contributed by atoms with van der Waals surface area (Å²) in [6, 6.07) is -1.13. The molecule has 1 N–H and O–H groups in total. The summed E-state index contributed by atoms with van der Waals surface area (Å²) >= 11 is 5.40. The molecule has 0 radical (unpaired) electrons. The van der Waals surface area contributed by atoms with Crippen molar-refractivity contribution < 1.29 is 24.2 Å². The number of nitrogens with zero attached hydrogens (tertiary/aromatic N) is 2. The molecule has 0 aromatic heterocycles. The van der Waals surface area contributed by atoms with Gasteiger partial charge in [0.05, 0.1) is 29.2 Å². The molecular weight excluding hydrogens is 556 g/mol. The second-order valence-electron chi connectivity index (χ2n) is 11.0. The first-order valence-electron chi connectivity index (χ1n) is 13.7. The van der Waals surface area contributed by atoms with E-state index in [9.17, 15) is 19.5 Å². The van der Waals surface area contributed by atoms with Crippen LogP contribution < -0.4 is 0 Å². The Bertz CT molecular complexity index is 911. The zero-order valence-electron chi connectivity index (χ0n) is 22.0. The fourth-order valence-electron chi connectivity index (χ4n) is 7.13. The molecule has 3 saturated heterocycles. The fraction of sp³-hybridized carbons (Fsp3) is 0.750. The van der Waals surface area contributed by atoms with Gasteiger partial charge < -0.3 is 19.6 Å². The number of aliphatic hydroxyl groups is 1. The molecule has 1 saturated carbocycles. The van der Waals surface area contributed by atoms with Gasteiger partial charge in [-0.1, -0.05) is 74.2 Å². The summed E-state index contributed by atoms with van der Waals surface area (Å²) in [5.74, 6) is -1.98. The number of carbonyl (C=O) groups excluding carboxylic acids is 3. The number of thioether (sulfide) groups is 1. The van der Waals surface area contributed by atoms with Gasteiger partial charge in [-0.25, -0.2) is 0 Å². The van der Waals surface area contributed by atoms with Crippen LogP contribution in [0.25, 0.3) is 0 Å². The van der Waals surface area contributed by atoms with Crippen LogP contribution >= 0.6 is 27.7 Å². The Labute approximate surface area is 233 Å². The zero-order valence-corrected chi connectivity index (χ0v) is 24.4. The van der Waals surface area contributed by atoms with Gasteiger partial charge in [-0.15, -0.1) is 18.3 Å². The average Bonchev–Trinajstić information content (AvgIpc) is 3.50. The maximum Gasteiger partial charge on any atom is 0.311 e. The third-order valence-corrected chi connectivity index (χ3v) is 12.3. The molecule has 3 heterocycles. The highest BCUT2D eigenvalue weighted by molar-refractivity contribution is 9.09. The predicted molar refractivity (Wildman–Crippen MR) is 149 cm³/mol. The van der Waals surface area contributed by atoms with Gasteiger partial charge in [0.25, 0.3) is 0 Å². The molecule has 8 atom stereocenters. The first-order chi connectivity index (χ1) is 17.8. The van der Waals surface area contributed by atoms with E-state index in [1.807, 2.05) is 18.7 Å². The quantitative estimate of drug-likeness (QED) is 0.221. The van der Waals surface area contributed by atoms with Crippen LogP contribution in [-0.4, -0.2) is 85.4 Å². The molecule has 1 aliphatic carbocycles. The Hall–Kier alpha value is -1.32. The minimum absolute atomic E-state index is 0.00449. The van der Waals surface area contributed by atoms with Crippen LogP contribution in [0.2, 0.25) is 0 Å². The number of hydrogen-bond acceptors (Lipinski definition) is 6. The SMILES string of the molecule is C=CCOC(=O)[C@H]1[C@@H]2SC3(CC2Br)C(C(=O)N(CC=C)C2CCCCC2)N([C@@H](CO)[C@@H](C)CC)C(=O)[C@H]13. The molecule has 2 amide bonds. The Balaban J connectivity index is 1.80. The van der Waals surface area contributed by atoms with E-state index in [-0.39, 0.29) is 47.1 Å². The van der Waals surface area contributed by atoms with Crippen molar-refractivity contribution in [3.63, 3.8) is 0 Å². The molecule has 4 fully saturated rings. The van der Waals surface area contributed by atoms with Crippen molar-refractivity contribution in [2.24, 2.45) is 17.8 Å². The summed E-state index contributed by atoms with van der Waals surface area (Å²) in [6.07, 6.45) is 9.88. The number of fused-ring (bicyclic) bond motifs is 1. The minimum Gasteiger partial charge on any atom is -0.461 e. The summed E-state index contributed by atoms with van der Waals surface area (Å²) in [5, 5.41) is 10.4. The first kappa shape index (κ1) is 28.7. The molecule has 4 aliphatic rings. The van der Waals surface area contributed by atoms with Crippen molar-refractivity contribution in [1.29, 1.82) is 0 Å². The fourth-order valence-corrected chi connectivity index (χ4v) is 10.7. The highest BCUT2D eigenvalue weighted by atomic mass is 79.9. The number of aliphatic hydroxyl groups excluding tert-OH is 1. The van der Waals surface area contributed by atoms with E-state index >= 15 is 0 Å². The van der Waals surface area contributed by atoms with E-state index in [0.29, 0.717) is 13.0 Å². The Morgan fingerprint density at radius 1 is 1.30 bits per heavy atom. The molecule has 4 rings (SSSR count). The number of ether oxygens (including phenoxy) is 1. The van der Waals surface area contributed by atoms with Gasteiger partial charge in [0.2, 0.25) is 11.8 Å². The van der Waals surface area contributed by atoms with Crippen molar-refractivity contribution >= 4 is 45.5 Å². The van der Waals surface area contributed by atoms with Crippen molar-refractivity contribution in [3.8, 4) is 0 Å². The smallest absolute Gasteiger partial charge is 0.311 e. The van der Waals surface area contributed by atoms with Gasteiger partial charge in [0.1, 0.15) is 12.6 Å². The Morgan fingerprint density at radius 2 is 2.00 bits per heavy atom. The number of amides is 2. The molecule has 0 aromatic carbocycles. The van der Waals surface area contributed by atoms with Crippen LogP contribution in [0.3, 0.4) is 0 Å². The van der Waals surface area contributed by atoms with E-state index in [2.05, 4.69) is 29.1 Å². The summed E-state index contributed by atoms with van der Waals surface area (Å²) in [5.41, 5.74) is 0. The van der Waals surface area contributed by atoms with Gasteiger partial charge >= 0.3 is 5.97 Å². The molecule has 9 heteroatoms. The van der Waals surface area contributed by atoms with Gasteiger partial charge in [0.15, 0.2) is 0 Å². The van der Waals surface area contributed by atoms with Gasteiger partial charge in [0, 0.05) is 22.7 Å². The van der Waals surface area contributed by atoms with Gasteiger partial charge in [-0.3, -0.25) is 14.4 Å². The Kier molecular flexibility index (Phi) is 9.17. The number of esters is 1. The highest BCUT2D eigenvalue weighted by Crippen LogP contribution is 2.68. The largest absolute Gasteiger partial charge is 0.461 e. The van der Waals surface area contributed by atoms with Crippen LogP contribution in [0.1, 0.15) is 58.8 Å². The standard InChI is InChI=1S/C28H41BrN2O5S/c1-5-13-30(18-11-9-8-10-12-18)26(34)24-28-15-19(29)23(37-28)21(27(35)36-14-6-2)22(28)25(33)31(24)20(16-32)17(4)7-3/h5-6,17-24,32H,1-2,7-16H2,3-4H3/t17-,19?,20-,21+,22-,23+,24?,28?/m0/s1. The lowest BCUT2D eigenvalue weighted by Gasteiger charge is -2.43. The third-order valence-electron chi connectivity index (χ3n) is 9.05. The maximum atomic E-state index is 14.6. The average molecular weight is 598 g/mol. The lowest BCUT2D eigenvalue weighted by atomic mass is 9.71. The van der Waals surface area contributed by atoms with Crippen molar-refractivity contribution in [2.75, 3.05) is 19.8 Å². The van der Waals surface area contributed by atoms with Crippen LogP contribution in [-0.2, 0) is 19.1 Å². The second kappa shape index (κ2) is 11.8. The molecule has 0 aromatic rings. The van der Waals surface area contributed by atoms with E-state index < -0.39 is 34.6 Å². The molecule has 206 valence electrons. The van der Waals surface area contributed by atoms with Gasteiger partial charge in [-0.2, -0.15) is 0 Å². The van der Waals surface area contributed by atoms with E-state index in [1.54, 1.807) is 22.7 Å². The molecule has 37 heavy (non-hydrogen) atoms. The number of carbonyl (C=O) groups is 3. The van der Waals surface area contributed by atoms with E-state index in [4.69, 9.17) is 4.74 Å². The Morgan fingerprint density at radius 3 is 2.59 bits per heavy atom. The summed E-state index contributed by atoms with van der Waals surface area (Å²) in [7, 11) is 0. The van der Waals surface area contributed by atoms with E-state index in [1.165, 1.54) is 12.5 Å². The lowest BCUT2D eigenvalue weighted by molar-refractivity contribution is -0.154. The monoisotopic (exact) mass is 596 g/mol. The van der Waals surface area contributed by atoms with Crippen molar-refractivity contribution in [3.05, 3.63) is 25.3 Å². The number of alkyl halides is 1. The molecule has 1 spiro atoms. The lowest BCUT2D eigenvalue weighted by Crippen LogP contribution is -2.60. The first-order valence-corrected chi connectivity index (χ1v) is 15.5. The number of halogens is 1. The zero-order chi connectivity index (χ0) is 26.9. The number of hydrogen-bond donors (Lipinski definition) is 1. The second-order valence-corrected chi connectivity index (χ2v) is 13.8. The van der Waals surface area contributed by atoms with Crippen molar-refractivity contribution in [1.82, 2.24) is 9.80 Å². The minimum atomic E-state index is -0.750. The highest BCUT2D eigenvalue weighted by Gasteiger charge is 2.77. The normalized spacial score (nSPS) is 34.6. The number of likely N-dealkylation sites (tertiary alicyclic amines) is 1. The predicted octanol–water partition coefficient (Wildman–Crippen LogP) is 3.93. The molecular formula is C28H41BrN2O5S. The molecule has 3 unspecified atom stereocenters. The van der Waals surface area contributed by atoms with E-state index in [0.717, 1.165) is 32.1 Å². The molecule has 3 aliphatic heterocycles. The maximum absolute atomic E-state index is 14.6. The van der Waals surface area contributed by atoms with Crippen LogP contribution in [0.15, 0.2) is 25.3 Å². The topological polar surface area (TPSA) is 87.2 Å². The summed E-state index contributed by atoms with van der Waals surface area (Å²) in [6.45, 7) is 11.9. The summed E-state index contributed by atoms with van der Waals surface area (Å²) in [4.78, 5) is 45.9. The van der Waals surface area contributed by atoms with Crippen molar-refractivity contribution in [2.45, 2.75) is 91.7 Å². The van der Waals surface area contributed by atoms with Gasteiger partial charge in [-0.05, 0) is 25.2 Å². The van der Waals surface area contributed by atoms with Crippen LogP contribution in [0.4, 0.5) is 0 Å². The molecule has 7 nitrogen and oxygen atoms in total. The van der Waals surface area contributed by atoms with Crippen LogP contribution in [0.5, 0.6) is 0 Å². The van der Waals surface area contributed by atoms with Crippen LogP contribution in [0, 0.1) is 17.8 Å². The molecule has 2 bridgehead atoms.